The molecule has 0 aromatic heterocycles. The van der Waals surface area contributed by atoms with Gasteiger partial charge in [-0.1, -0.05) is 12.8 Å². The zero-order chi connectivity index (χ0) is 20.4. The van der Waals surface area contributed by atoms with Crippen LogP contribution in [-0.4, -0.2) is 87.1 Å². The van der Waals surface area contributed by atoms with E-state index in [-0.39, 0.29) is 48.4 Å². The minimum Gasteiger partial charge on any atom is -0.382 e. The summed E-state index contributed by atoms with van der Waals surface area (Å²) in [4.78, 5) is 32.5. The Bertz CT molecular complexity index is 538. The van der Waals surface area contributed by atoms with Gasteiger partial charge in [-0.25, -0.2) is 4.99 Å². The Balaban J connectivity index is 0.00000420. The lowest BCUT2D eigenvalue weighted by Gasteiger charge is -2.22. The number of hydrogen-bond donors (Lipinski definition) is 2. The van der Waals surface area contributed by atoms with Crippen LogP contribution >= 0.6 is 24.0 Å². The number of rotatable bonds is 9. The van der Waals surface area contributed by atoms with Crippen LogP contribution in [0, 0.1) is 5.92 Å². The quantitative estimate of drug-likeness (QED) is 0.207. The zero-order valence-corrected chi connectivity index (χ0v) is 20.4. The highest BCUT2D eigenvalue weighted by atomic mass is 127. The molecule has 29 heavy (non-hydrogen) atoms. The van der Waals surface area contributed by atoms with Crippen LogP contribution < -0.4 is 10.6 Å². The first-order valence-electron chi connectivity index (χ1n) is 10.6. The van der Waals surface area contributed by atoms with Crippen LogP contribution in [0.3, 0.4) is 0 Å². The van der Waals surface area contributed by atoms with Crippen molar-refractivity contribution < 1.29 is 14.3 Å². The molecule has 2 fully saturated rings. The molecule has 9 heteroatoms. The van der Waals surface area contributed by atoms with Crippen molar-refractivity contribution in [2.24, 2.45) is 10.9 Å². The summed E-state index contributed by atoms with van der Waals surface area (Å²) in [6.07, 6.45) is 6.19. The van der Waals surface area contributed by atoms with Crippen LogP contribution in [0.2, 0.25) is 0 Å². The number of guanidine groups is 1. The SMILES string of the molecule is CCOCCCNC(=NCC(=O)N(C)C)NC1CCN(C(=O)C2CCCC2)C1.I. The van der Waals surface area contributed by atoms with E-state index in [0.717, 1.165) is 38.8 Å². The number of likely N-dealkylation sites (tertiary alicyclic amines) is 1. The normalized spacial score (nSPS) is 19.8. The van der Waals surface area contributed by atoms with Crippen LogP contribution in [0.4, 0.5) is 0 Å². The highest BCUT2D eigenvalue weighted by Gasteiger charge is 2.32. The third kappa shape index (κ3) is 9.06. The summed E-state index contributed by atoms with van der Waals surface area (Å²) in [5, 5.41) is 6.69. The Hall–Kier alpha value is -1.10. The first-order chi connectivity index (χ1) is 13.5. The topological polar surface area (TPSA) is 86.3 Å². The number of halogens is 1. The van der Waals surface area contributed by atoms with Gasteiger partial charge in [-0.2, -0.15) is 0 Å². The smallest absolute Gasteiger partial charge is 0.243 e. The summed E-state index contributed by atoms with van der Waals surface area (Å²) >= 11 is 0. The fraction of sp³-hybridized carbons (Fsp3) is 0.850. The molecule has 0 aromatic carbocycles. The highest BCUT2D eigenvalue weighted by Crippen LogP contribution is 2.27. The lowest BCUT2D eigenvalue weighted by Crippen LogP contribution is -2.46. The van der Waals surface area contributed by atoms with E-state index in [2.05, 4.69) is 15.6 Å². The molecule has 1 atom stereocenters. The first-order valence-corrected chi connectivity index (χ1v) is 10.6. The van der Waals surface area contributed by atoms with Gasteiger partial charge in [0.05, 0.1) is 0 Å². The van der Waals surface area contributed by atoms with Gasteiger partial charge in [0.2, 0.25) is 11.8 Å². The van der Waals surface area contributed by atoms with E-state index in [0.29, 0.717) is 31.6 Å². The fourth-order valence-corrected chi connectivity index (χ4v) is 3.67. The number of ether oxygens (including phenoxy) is 1. The van der Waals surface area contributed by atoms with Crippen molar-refractivity contribution in [2.75, 3.05) is 53.5 Å². The number of carbonyl (C=O) groups is 2. The largest absolute Gasteiger partial charge is 0.382 e. The molecular weight excluding hydrogens is 485 g/mol. The Morgan fingerprint density at radius 2 is 1.93 bits per heavy atom. The molecule has 1 heterocycles. The summed E-state index contributed by atoms with van der Waals surface area (Å²) in [7, 11) is 3.45. The molecule has 1 unspecified atom stereocenters. The van der Waals surface area contributed by atoms with E-state index in [1.807, 2.05) is 11.8 Å². The highest BCUT2D eigenvalue weighted by molar-refractivity contribution is 14.0. The van der Waals surface area contributed by atoms with Gasteiger partial charge in [-0.3, -0.25) is 9.59 Å². The first kappa shape index (κ1) is 25.9. The van der Waals surface area contributed by atoms with Gasteiger partial charge >= 0.3 is 0 Å². The van der Waals surface area contributed by atoms with E-state index in [9.17, 15) is 9.59 Å². The van der Waals surface area contributed by atoms with Crippen LogP contribution in [0.1, 0.15) is 45.4 Å². The Morgan fingerprint density at radius 3 is 2.59 bits per heavy atom. The lowest BCUT2D eigenvalue weighted by molar-refractivity contribution is -0.134. The monoisotopic (exact) mass is 523 g/mol. The van der Waals surface area contributed by atoms with Gasteiger partial charge < -0.3 is 25.2 Å². The van der Waals surface area contributed by atoms with Gasteiger partial charge in [-0.05, 0) is 32.6 Å². The summed E-state index contributed by atoms with van der Waals surface area (Å²) in [6, 6.07) is 0.165. The molecule has 168 valence electrons. The second-order valence-electron chi connectivity index (χ2n) is 7.83. The molecule has 1 saturated heterocycles. The van der Waals surface area contributed by atoms with Crippen molar-refractivity contribution in [1.82, 2.24) is 20.4 Å². The molecule has 2 rings (SSSR count). The van der Waals surface area contributed by atoms with Gasteiger partial charge in [0.25, 0.3) is 0 Å². The van der Waals surface area contributed by atoms with Crippen molar-refractivity contribution >= 4 is 41.8 Å². The van der Waals surface area contributed by atoms with Gasteiger partial charge in [0.15, 0.2) is 5.96 Å². The molecule has 1 saturated carbocycles. The number of nitrogens with one attached hydrogen (secondary N) is 2. The third-order valence-electron chi connectivity index (χ3n) is 5.38. The summed E-state index contributed by atoms with van der Waals surface area (Å²) in [5.74, 6) is 1.13. The minimum absolute atomic E-state index is 0. The zero-order valence-electron chi connectivity index (χ0n) is 18.1. The molecule has 1 aliphatic carbocycles. The van der Waals surface area contributed by atoms with Crippen molar-refractivity contribution in [1.29, 1.82) is 0 Å². The van der Waals surface area contributed by atoms with Crippen molar-refractivity contribution in [2.45, 2.75) is 51.5 Å². The number of likely N-dealkylation sites (N-methyl/N-ethyl adjacent to an activating group) is 1. The van der Waals surface area contributed by atoms with Gasteiger partial charge in [0, 0.05) is 58.9 Å². The van der Waals surface area contributed by atoms with E-state index >= 15 is 0 Å². The Kier molecular flexibility index (Phi) is 12.5. The molecule has 2 aliphatic rings. The minimum atomic E-state index is -0.0418. The second kappa shape index (κ2) is 14.0. The molecule has 0 bridgehead atoms. The molecule has 2 amide bonds. The van der Waals surface area contributed by atoms with E-state index in [1.165, 1.54) is 17.7 Å². The fourth-order valence-electron chi connectivity index (χ4n) is 3.67. The van der Waals surface area contributed by atoms with Crippen molar-refractivity contribution in [3.8, 4) is 0 Å². The third-order valence-corrected chi connectivity index (χ3v) is 5.38. The predicted molar refractivity (Wildman–Crippen MR) is 126 cm³/mol. The van der Waals surface area contributed by atoms with Crippen molar-refractivity contribution in [3.63, 3.8) is 0 Å². The summed E-state index contributed by atoms with van der Waals surface area (Å²) in [6.45, 7) is 5.71. The van der Waals surface area contributed by atoms with Crippen LogP contribution in [0.25, 0.3) is 0 Å². The summed E-state index contributed by atoms with van der Waals surface area (Å²) in [5.41, 5.74) is 0. The number of hydrogen-bond acceptors (Lipinski definition) is 4. The maximum atomic E-state index is 12.6. The maximum Gasteiger partial charge on any atom is 0.243 e. The number of amides is 2. The Labute approximate surface area is 192 Å². The second-order valence-corrected chi connectivity index (χ2v) is 7.83. The van der Waals surface area contributed by atoms with Gasteiger partial charge in [0.1, 0.15) is 6.54 Å². The maximum absolute atomic E-state index is 12.6. The molecule has 0 spiro atoms. The standard InChI is InChI=1S/C20H37N5O3.HI/c1-4-28-13-7-11-21-20(22-14-18(26)24(2)3)23-17-10-12-25(15-17)19(27)16-8-5-6-9-16;/h16-17H,4-15H2,1-3H3,(H2,21,22,23);1H. The molecule has 0 aromatic rings. The predicted octanol–water partition coefficient (Wildman–Crippen LogP) is 1.45. The number of carbonyl (C=O) groups excluding carboxylic acids is 2. The van der Waals surface area contributed by atoms with E-state index in [4.69, 9.17) is 4.74 Å². The molecule has 0 radical (unpaired) electrons. The van der Waals surface area contributed by atoms with Crippen molar-refractivity contribution in [3.05, 3.63) is 0 Å². The average molecular weight is 523 g/mol. The molecule has 1 aliphatic heterocycles. The molecular formula is C20H38IN5O3. The number of aliphatic imine (C=N–C) groups is 1. The molecule has 8 nitrogen and oxygen atoms in total. The number of nitrogens with zero attached hydrogens (tertiary/aromatic N) is 3. The van der Waals surface area contributed by atoms with Crippen LogP contribution in [-0.2, 0) is 14.3 Å². The lowest BCUT2D eigenvalue weighted by atomic mass is 10.1. The molecule has 2 N–H and O–H groups in total. The summed E-state index contributed by atoms with van der Waals surface area (Å²) < 4.78 is 5.36. The van der Waals surface area contributed by atoms with E-state index < -0.39 is 0 Å². The van der Waals surface area contributed by atoms with Gasteiger partial charge in [-0.15, -0.1) is 24.0 Å². The van der Waals surface area contributed by atoms with Crippen LogP contribution in [0.15, 0.2) is 4.99 Å². The Morgan fingerprint density at radius 1 is 1.21 bits per heavy atom. The average Bonchev–Trinajstić information content (AvgIpc) is 3.37. The van der Waals surface area contributed by atoms with E-state index in [1.54, 1.807) is 14.1 Å². The van der Waals surface area contributed by atoms with Crippen LogP contribution in [0.5, 0.6) is 0 Å².